The van der Waals surface area contributed by atoms with Crippen molar-refractivity contribution in [1.29, 1.82) is 0 Å². The van der Waals surface area contributed by atoms with Crippen molar-refractivity contribution in [1.82, 2.24) is 10.6 Å². The van der Waals surface area contributed by atoms with E-state index in [9.17, 15) is 10.1 Å². The molecule has 0 radical (unpaired) electrons. The summed E-state index contributed by atoms with van der Waals surface area (Å²) in [5.74, 6) is 0.829. The number of benzene rings is 2. The van der Waals surface area contributed by atoms with E-state index in [1.807, 2.05) is 44.2 Å². The predicted octanol–water partition coefficient (Wildman–Crippen LogP) is 4.23. The van der Waals surface area contributed by atoms with Crippen LogP contribution in [0, 0.1) is 10.1 Å². The van der Waals surface area contributed by atoms with Gasteiger partial charge in [-0.2, -0.15) is 0 Å². The molecule has 1 saturated heterocycles. The van der Waals surface area contributed by atoms with Crippen molar-refractivity contribution in [2.75, 3.05) is 13.1 Å². The third-order valence-electron chi connectivity index (χ3n) is 4.05. The number of nitro benzene ring substituents is 1. The van der Waals surface area contributed by atoms with Gasteiger partial charge in [-0.15, -0.1) is 0 Å². The second-order valence-electron chi connectivity index (χ2n) is 5.51. The predicted molar refractivity (Wildman–Crippen MR) is 98.4 cm³/mol. The van der Waals surface area contributed by atoms with Crippen LogP contribution in [0.5, 0.6) is 0 Å². The highest BCUT2D eigenvalue weighted by Crippen LogP contribution is 2.33. The van der Waals surface area contributed by atoms with Gasteiger partial charge in [0.15, 0.2) is 0 Å². The third kappa shape index (κ3) is 3.40. The summed E-state index contributed by atoms with van der Waals surface area (Å²) in [5.41, 5.74) is 2.60. The first kappa shape index (κ1) is 17.1. The van der Waals surface area contributed by atoms with E-state index in [0.717, 1.165) is 40.9 Å². The lowest BCUT2D eigenvalue weighted by molar-refractivity contribution is -0.384. The van der Waals surface area contributed by atoms with Crippen molar-refractivity contribution in [2.24, 2.45) is 0 Å². The summed E-state index contributed by atoms with van der Waals surface area (Å²) in [6.07, 6.45) is 0.0142. The number of nitrogens with zero attached hydrogens (tertiary/aromatic N) is 1. The van der Waals surface area contributed by atoms with E-state index in [2.05, 4.69) is 10.6 Å². The minimum atomic E-state index is -0.378. The maximum absolute atomic E-state index is 11.0. The van der Waals surface area contributed by atoms with Crippen molar-refractivity contribution < 1.29 is 9.34 Å². The fourth-order valence-corrected chi connectivity index (χ4v) is 2.97. The number of non-ortho nitro benzene ring substituents is 1. The zero-order valence-corrected chi connectivity index (χ0v) is 14.3. The lowest BCUT2D eigenvalue weighted by Gasteiger charge is -2.05. The molecule has 1 fully saturated rings. The summed E-state index contributed by atoms with van der Waals surface area (Å²) in [7, 11) is 0. The average Bonchev–Trinajstić information content (AvgIpc) is 3.32. The van der Waals surface area contributed by atoms with E-state index in [4.69, 9.17) is 4.42 Å². The van der Waals surface area contributed by atoms with Crippen LogP contribution in [-0.4, -0.2) is 18.0 Å². The van der Waals surface area contributed by atoms with E-state index in [1.54, 1.807) is 12.1 Å². The summed E-state index contributed by atoms with van der Waals surface area (Å²) < 4.78 is 5.93. The van der Waals surface area contributed by atoms with Crippen LogP contribution in [0.25, 0.3) is 22.1 Å². The third-order valence-corrected chi connectivity index (χ3v) is 4.05. The van der Waals surface area contributed by atoms with Gasteiger partial charge in [-0.25, -0.2) is 0 Å². The van der Waals surface area contributed by atoms with Gasteiger partial charge in [-0.05, 0) is 23.3 Å². The van der Waals surface area contributed by atoms with Gasteiger partial charge in [0.05, 0.1) is 4.92 Å². The summed E-state index contributed by atoms with van der Waals surface area (Å²) in [6, 6.07) is 14.4. The zero-order valence-electron chi connectivity index (χ0n) is 14.3. The largest absolute Gasteiger partial charge is 0.458 e. The molecule has 1 aliphatic rings. The molecule has 0 saturated carbocycles. The van der Waals surface area contributed by atoms with Gasteiger partial charge >= 0.3 is 0 Å². The second-order valence-corrected chi connectivity index (χ2v) is 5.51. The van der Waals surface area contributed by atoms with Gasteiger partial charge in [0, 0.05) is 30.6 Å². The van der Waals surface area contributed by atoms with Crippen molar-refractivity contribution in [2.45, 2.75) is 20.0 Å². The molecule has 2 aromatic carbocycles. The number of furan rings is 1. The van der Waals surface area contributed by atoms with Crippen LogP contribution in [0.1, 0.15) is 25.8 Å². The summed E-state index contributed by atoms with van der Waals surface area (Å²) in [4.78, 5) is 10.6. The Labute approximate surface area is 146 Å². The van der Waals surface area contributed by atoms with Gasteiger partial charge in [-0.3, -0.25) is 20.7 Å². The Hall–Kier alpha value is -2.70. The summed E-state index contributed by atoms with van der Waals surface area (Å²) in [5, 5.41) is 18.6. The fourth-order valence-electron chi connectivity index (χ4n) is 2.97. The maximum Gasteiger partial charge on any atom is 0.270 e. The smallest absolute Gasteiger partial charge is 0.270 e. The molecule has 6 nitrogen and oxygen atoms in total. The van der Waals surface area contributed by atoms with Crippen LogP contribution in [0.4, 0.5) is 5.69 Å². The number of fused-ring (bicyclic) bond motifs is 1. The Morgan fingerprint density at radius 3 is 2.52 bits per heavy atom. The van der Waals surface area contributed by atoms with Crippen molar-refractivity contribution in [3.05, 3.63) is 64.4 Å². The van der Waals surface area contributed by atoms with Crippen LogP contribution < -0.4 is 10.6 Å². The minimum Gasteiger partial charge on any atom is -0.458 e. The molecular formula is C19H21N3O3. The quantitative estimate of drug-likeness (QED) is 0.551. The summed E-state index contributed by atoms with van der Waals surface area (Å²) >= 11 is 0. The van der Waals surface area contributed by atoms with Gasteiger partial charge in [0.25, 0.3) is 5.69 Å². The number of hydrogen-bond donors (Lipinski definition) is 2. The molecule has 0 bridgehead atoms. The van der Waals surface area contributed by atoms with Crippen LogP contribution in [-0.2, 0) is 0 Å². The minimum absolute atomic E-state index is 0.0142. The molecule has 0 unspecified atom stereocenters. The van der Waals surface area contributed by atoms with Crippen molar-refractivity contribution >= 4 is 16.7 Å². The molecule has 0 amide bonds. The molecule has 4 rings (SSSR count). The van der Waals surface area contributed by atoms with E-state index in [0.29, 0.717) is 0 Å². The van der Waals surface area contributed by atoms with Gasteiger partial charge < -0.3 is 4.42 Å². The van der Waals surface area contributed by atoms with Crippen LogP contribution in [0.15, 0.2) is 52.9 Å². The van der Waals surface area contributed by atoms with Crippen LogP contribution in [0.3, 0.4) is 0 Å². The molecule has 1 aromatic heterocycles. The Balaban J connectivity index is 0.000000880. The molecular weight excluding hydrogens is 318 g/mol. The molecule has 1 aliphatic heterocycles. The van der Waals surface area contributed by atoms with Gasteiger partial charge in [0.2, 0.25) is 0 Å². The van der Waals surface area contributed by atoms with Gasteiger partial charge in [-0.1, -0.05) is 38.1 Å². The van der Waals surface area contributed by atoms with E-state index in [-0.39, 0.29) is 16.8 Å². The first-order chi connectivity index (χ1) is 12.2. The Morgan fingerprint density at radius 1 is 1.08 bits per heavy atom. The topological polar surface area (TPSA) is 80.3 Å². The average molecular weight is 339 g/mol. The Morgan fingerprint density at radius 2 is 1.80 bits per heavy atom. The molecule has 0 aliphatic carbocycles. The number of hydrogen-bond acceptors (Lipinski definition) is 5. The first-order valence-corrected chi connectivity index (χ1v) is 8.46. The standard InChI is InChI=1S/C17H15N3O3.C2H6/c21-20(22)12-4-1-3-11(9-12)13-5-2-6-15-14(13)10-16(23-15)17-18-7-8-19-17;1-2/h1-6,9-10,17-19H,7-8H2;1-2H3. The Bertz CT molecular complexity index is 883. The number of nitrogens with one attached hydrogen (secondary N) is 2. The maximum atomic E-state index is 11.0. The Kier molecular flexibility index (Phi) is 5.11. The molecule has 0 atom stereocenters. The lowest BCUT2D eigenvalue weighted by Crippen LogP contribution is -2.20. The van der Waals surface area contributed by atoms with E-state index < -0.39 is 0 Å². The monoisotopic (exact) mass is 339 g/mol. The zero-order chi connectivity index (χ0) is 17.8. The van der Waals surface area contributed by atoms with Crippen molar-refractivity contribution in [3.8, 4) is 11.1 Å². The fraction of sp³-hybridized carbons (Fsp3) is 0.263. The highest BCUT2D eigenvalue weighted by atomic mass is 16.6. The van der Waals surface area contributed by atoms with Crippen LogP contribution >= 0.6 is 0 Å². The van der Waals surface area contributed by atoms with E-state index >= 15 is 0 Å². The van der Waals surface area contributed by atoms with Gasteiger partial charge in [0.1, 0.15) is 17.5 Å². The number of nitro groups is 1. The van der Waals surface area contributed by atoms with E-state index in [1.165, 1.54) is 6.07 Å². The number of rotatable bonds is 3. The SMILES string of the molecule is CC.O=[N+]([O-])c1cccc(-c2cccc3oc(C4NCCN4)cc23)c1. The first-order valence-electron chi connectivity index (χ1n) is 8.46. The second kappa shape index (κ2) is 7.46. The molecule has 2 N–H and O–H groups in total. The molecule has 130 valence electrons. The summed E-state index contributed by atoms with van der Waals surface area (Å²) in [6.45, 7) is 5.80. The molecule has 2 heterocycles. The molecule has 25 heavy (non-hydrogen) atoms. The highest BCUT2D eigenvalue weighted by molar-refractivity contribution is 5.94. The van der Waals surface area contributed by atoms with Crippen LogP contribution in [0.2, 0.25) is 0 Å². The lowest BCUT2D eigenvalue weighted by atomic mass is 10.0. The normalized spacial score (nSPS) is 14.3. The van der Waals surface area contributed by atoms with Crippen molar-refractivity contribution in [3.63, 3.8) is 0 Å². The molecule has 0 spiro atoms. The molecule has 3 aromatic rings. The molecule has 6 heteroatoms. The highest BCUT2D eigenvalue weighted by Gasteiger charge is 2.20.